The molecule has 2 rings (SSSR count). The third kappa shape index (κ3) is 16.6. The fourth-order valence-electron chi connectivity index (χ4n) is 2.19. The van der Waals surface area contributed by atoms with Gasteiger partial charge in [-0.15, -0.1) is 0 Å². The molecule has 20 heavy (non-hydrogen) atoms. The van der Waals surface area contributed by atoms with Gasteiger partial charge >= 0.3 is 44.1 Å². The first-order valence-corrected chi connectivity index (χ1v) is 9.47. The van der Waals surface area contributed by atoms with Crippen LogP contribution in [-0.2, 0) is 20.9 Å². The van der Waals surface area contributed by atoms with Crippen molar-refractivity contribution in [2.24, 2.45) is 15.2 Å². The minimum atomic E-state index is 0. The van der Waals surface area contributed by atoms with E-state index in [1.165, 1.54) is 51.4 Å². The van der Waals surface area contributed by atoms with Gasteiger partial charge in [0.05, 0.1) is 0 Å². The summed E-state index contributed by atoms with van der Waals surface area (Å²) in [4.78, 5) is 0. The Labute approximate surface area is 141 Å². The normalized spacial score (nSPS) is 19.8. The Bertz CT molecular complexity index is 176. The van der Waals surface area contributed by atoms with E-state index in [0.717, 1.165) is 32.7 Å². The van der Waals surface area contributed by atoms with Crippen molar-refractivity contribution in [2.45, 2.75) is 85.1 Å². The Morgan fingerprint density at radius 1 is 0.850 bits per heavy atom. The Balaban J connectivity index is 0. The van der Waals surface area contributed by atoms with Crippen LogP contribution in [0.5, 0.6) is 0 Å². The van der Waals surface area contributed by atoms with Crippen LogP contribution in [0.15, 0.2) is 3.34 Å². The van der Waals surface area contributed by atoms with Crippen LogP contribution >= 0.6 is 0 Å². The molecule has 0 atom stereocenters. The van der Waals surface area contributed by atoms with E-state index in [1.807, 2.05) is 0 Å². The maximum absolute atomic E-state index is 4.00. The third-order valence-corrected chi connectivity index (χ3v) is 5.34. The van der Waals surface area contributed by atoms with Crippen molar-refractivity contribution in [1.29, 1.82) is 0 Å². The summed E-state index contributed by atoms with van der Waals surface area (Å²) in [5.74, 6) is 2.01. The van der Waals surface area contributed by atoms with E-state index in [-0.39, 0.29) is 7.43 Å². The Morgan fingerprint density at radius 2 is 1.10 bits per heavy atom. The summed E-state index contributed by atoms with van der Waals surface area (Å²) in [5.41, 5.74) is 0. The van der Waals surface area contributed by atoms with Crippen LogP contribution in [0.3, 0.4) is 0 Å². The maximum Gasteiger partial charge on any atom is -0.0491 e. The van der Waals surface area contributed by atoms with Gasteiger partial charge < -0.3 is 20.3 Å². The van der Waals surface area contributed by atoms with Crippen LogP contribution in [0.25, 0.3) is 0 Å². The molecular formula is C18H36NTa-3. The van der Waals surface area contributed by atoms with Crippen LogP contribution in [-0.4, -0.2) is 6.04 Å². The predicted octanol–water partition coefficient (Wildman–Crippen LogP) is 6.38. The molecular weight excluding hydrogens is 411 g/mol. The summed E-state index contributed by atoms with van der Waals surface area (Å²) in [5, 5.41) is 0. The number of rotatable bonds is 1. The largest absolute Gasteiger partial charge is 0.358 e. The van der Waals surface area contributed by atoms with Crippen molar-refractivity contribution in [2.75, 3.05) is 0 Å². The van der Waals surface area contributed by atoms with Gasteiger partial charge in [-0.3, -0.25) is 0 Å². The second-order valence-corrected chi connectivity index (χ2v) is 7.14. The van der Waals surface area contributed by atoms with Gasteiger partial charge in [0.15, 0.2) is 0 Å². The van der Waals surface area contributed by atoms with E-state index < -0.39 is 0 Å². The van der Waals surface area contributed by atoms with Crippen LogP contribution in [0.1, 0.15) is 79.1 Å². The first kappa shape index (κ1) is 22.8. The van der Waals surface area contributed by atoms with Crippen LogP contribution in [0.4, 0.5) is 0 Å². The van der Waals surface area contributed by atoms with Crippen molar-refractivity contribution in [3.63, 3.8) is 0 Å². The minimum Gasteiger partial charge on any atom is -0.358 e. The second-order valence-electron chi connectivity index (χ2n) is 6.31. The predicted molar refractivity (Wildman–Crippen MR) is 87.8 cm³/mol. The number of hydrogen-bond donors (Lipinski definition) is 0. The minimum absolute atomic E-state index is 0. The summed E-state index contributed by atoms with van der Waals surface area (Å²) < 4.78 is 4.00. The Hall–Kier alpha value is 0.540. The van der Waals surface area contributed by atoms with Gasteiger partial charge in [-0.25, -0.2) is 0 Å². The zero-order chi connectivity index (χ0) is 14.5. The first-order valence-electron chi connectivity index (χ1n) is 8.03. The van der Waals surface area contributed by atoms with E-state index in [4.69, 9.17) is 0 Å². The Morgan fingerprint density at radius 3 is 1.20 bits per heavy atom. The fourth-order valence-corrected chi connectivity index (χ4v) is 2.19. The molecule has 0 N–H and O–H groups in total. The average molecular weight is 447 g/mol. The third-order valence-electron chi connectivity index (χ3n) is 3.69. The van der Waals surface area contributed by atoms with Gasteiger partial charge in [-0.05, 0) is 11.8 Å². The second kappa shape index (κ2) is 15.9. The van der Waals surface area contributed by atoms with Crippen LogP contribution in [0.2, 0.25) is 0 Å². The molecule has 2 aliphatic rings. The van der Waals surface area contributed by atoms with Gasteiger partial charge in [0, 0.05) is 0 Å². The van der Waals surface area contributed by atoms with Crippen molar-refractivity contribution in [3.05, 3.63) is 20.3 Å². The quantitative estimate of drug-likeness (QED) is 0.414. The van der Waals surface area contributed by atoms with Crippen molar-refractivity contribution >= 4 is 0 Å². The molecule has 0 aromatic rings. The van der Waals surface area contributed by atoms with Gasteiger partial charge in [-0.2, -0.15) is 25.7 Å². The summed E-state index contributed by atoms with van der Waals surface area (Å²) in [6.45, 7) is 8.85. The summed E-state index contributed by atoms with van der Waals surface area (Å²) in [6.07, 6.45) is 16.0. The van der Waals surface area contributed by atoms with E-state index in [0.29, 0.717) is 6.04 Å². The SMILES string of the molecule is CC(C)[N]=[Ta].CC1CC[CH-]CC1.CC1CC[CH-]CC1.[CH3-]. The van der Waals surface area contributed by atoms with E-state index in [1.54, 1.807) is 0 Å². The van der Waals surface area contributed by atoms with Crippen molar-refractivity contribution in [3.8, 4) is 0 Å². The molecule has 0 heterocycles. The molecule has 2 fully saturated rings. The zero-order valence-corrected chi connectivity index (χ0v) is 17.7. The molecule has 0 spiro atoms. The van der Waals surface area contributed by atoms with Gasteiger partial charge in [0.25, 0.3) is 0 Å². The van der Waals surface area contributed by atoms with Gasteiger partial charge in [0.1, 0.15) is 0 Å². The average Bonchev–Trinajstić information content (AvgIpc) is 2.42. The molecule has 0 bridgehead atoms. The number of nitrogens with zero attached hydrogens (tertiary/aromatic N) is 1. The van der Waals surface area contributed by atoms with E-state index in [9.17, 15) is 0 Å². The van der Waals surface area contributed by atoms with E-state index in [2.05, 4.69) is 43.9 Å². The van der Waals surface area contributed by atoms with Crippen molar-refractivity contribution < 1.29 is 20.9 Å². The fraction of sp³-hybridized carbons (Fsp3) is 0.833. The molecule has 0 aromatic heterocycles. The smallest absolute Gasteiger partial charge is 0.0491 e. The molecule has 0 aromatic carbocycles. The van der Waals surface area contributed by atoms with Gasteiger partial charge in [-0.1, -0.05) is 39.5 Å². The molecule has 121 valence electrons. The molecule has 0 unspecified atom stereocenters. The Kier molecular flexibility index (Phi) is 18.2. The molecule has 0 amide bonds. The van der Waals surface area contributed by atoms with Crippen LogP contribution < -0.4 is 0 Å². The molecule has 0 radical (unpaired) electrons. The molecule has 2 saturated carbocycles. The number of hydrogen-bond acceptors (Lipinski definition) is 1. The summed E-state index contributed by atoms with van der Waals surface area (Å²) in [6, 6.07) is 0.559. The zero-order valence-electron chi connectivity index (χ0n) is 14.4. The summed E-state index contributed by atoms with van der Waals surface area (Å²) in [7, 11) is 0. The topological polar surface area (TPSA) is 12.4 Å². The molecule has 2 aliphatic carbocycles. The summed E-state index contributed by atoms with van der Waals surface area (Å²) >= 11 is 1.16. The van der Waals surface area contributed by atoms with Crippen molar-refractivity contribution in [1.82, 2.24) is 0 Å². The molecule has 0 saturated heterocycles. The molecule has 2 heteroatoms. The molecule has 0 aliphatic heterocycles. The monoisotopic (exact) mass is 447 g/mol. The van der Waals surface area contributed by atoms with E-state index >= 15 is 0 Å². The maximum atomic E-state index is 4.00. The first-order chi connectivity index (χ1) is 9.06. The van der Waals surface area contributed by atoms with Crippen LogP contribution in [0, 0.1) is 32.1 Å². The standard InChI is InChI=1S/2C7H13.C3H7N.CH3.Ta/c2*1-7-5-3-2-4-6-7;1-3(2)4;;/h2*2,7H,3-6H2,1H3;3H,1-2H3;1H3;/q2*-1;;-1;. The molecule has 1 nitrogen and oxygen atoms in total. The van der Waals surface area contributed by atoms with Gasteiger partial charge in [0.2, 0.25) is 0 Å².